The molecular formula is C14H20F3N3O. The van der Waals surface area contributed by atoms with Crippen molar-refractivity contribution in [2.24, 2.45) is 5.92 Å². The maximum Gasteiger partial charge on any atom is 0.416 e. The minimum atomic E-state index is -4.36. The Bertz CT molecular complexity index is 471. The van der Waals surface area contributed by atoms with Crippen LogP contribution in [0.5, 0.6) is 0 Å². The smallest absolute Gasteiger partial charge is 0.384 e. The van der Waals surface area contributed by atoms with E-state index in [2.05, 4.69) is 10.3 Å². The van der Waals surface area contributed by atoms with Crippen LogP contribution in [-0.4, -0.2) is 38.8 Å². The number of anilines is 2. The van der Waals surface area contributed by atoms with Gasteiger partial charge in [0.15, 0.2) is 0 Å². The van der Waals surface area contributed by atoms with Gasteiger partial charge in [-0.05, 0) is 30.9 Å². The summed E-state index contributed by atoms with van der Waals surface area (Å²) in [6, 6.07) is 2.15. The molecule has 0 aliphatic carbocycles. The summed E-state index contributed by atoms with van der Waals surface area (Å²) < 4.78 is 43.9. The molecule has 0 bridgehead atoms. The van der Waals surface area contributed by atoms with Crippen LogP contribution in [0, 0.1) is 5.92 Å². The van der Waals surface area contributed by atoms with Gasteiger partial charge in [-0.2, -0.15) is 13.2 Å². The molecule has 0 radical (unpaired) electrons. The Morgan fingerprint density at radius 2 is 2.00 bits per heavy atom. The highest BCUT2D eigenvalue weighted by Gasteiger charge is 2.32. The van der Waals surface area contributed by atoms with Crippen LogP contribution < -0.4 is 10.2 Å². The molecule has 1 aromatic heterocycles. The molecule has 1 aliphatic rings. The molecule has 1 N–H and O–H groups in total. The predicted octanol–water partition coefficient (Wildman–Crippen LogP) is 3.00. The van der Waals surface area contributed by atoms with E-state index in [-0.39, 0.29) is 5.82 Å². The van der Waals surface area contributed by atoms with E-state index >= 15 is 0 Å². The van der Waals surface area contributed by atoms with Gasteiger partial charge in [-0.15, -0.1) is 0 Å². The van der Waals surface area contributed by atoms with E-state index < -0.39 is 11.7 Å². The second-order valence-electron chi connectivity index (χ2n) is 5.23. The van der Waals surface area contributed by atoms with Crippen LogP contribution in [0.15, 0.2) is 12.1 Å². The molecule has 2 heterocycles. The third-order valence-corrected chi connectivity index (χ3v) is 3.74. The van der Waals surface area contributed by atoms with E-state index in [0.29, 0.717) is 31.4 Å². The number of alkyl halides is 3. The van der Waals surface area contributed by atoms with Crippen LogP contribution in [0.4, 0.5) is 24.8 Å². The minimum absolute atomic E-state index is 0.235. The zero-order chi connectivity index (χ0) is 15.5. The Morgan fingerprint density at radius 1 is 1.33 bits per heavy atom. The molecule has 1 aromatic rings. The van der Waals surface area contributed by atoms with Crippen molar-refractivity contribution < 1.29 is 17.9 Å². The van der Waals surface area contributed by atoms with Crippen LogP contribution in [0.25, 0.3) is 0 Å². The number of nitrogens with zero attached hydrogens (tertiary/aromatic N) is 2. The number of pyridine rings is 1. The minimum Gasteiger partial charge on any atom is -0.384 e. The highest BCUT2D eigenvalue weighted by molar-refractivity contribution is 5.51. The first kappa shape index (κ1) is 15.9. The Kier molecular flexibility index (Phi) is 4.92. The van der Waals surface area contributed by atoms with Gasteiger partial charge < -0.3 is 15.0 Å². The molecule has 0 saturated carbocycles. The van der Waals surface area contributed by atoms with Gasteiger partial charge in [-0.1, -0.05) is 0 Å². The molecule has 1 aliphatic heterocycles. The van der Waals surface area contributed by atoms with Crippen molar-refractivity contribution in [3.63, 3.8) is 0 Å². The normalized spacial score (nSPS) is 17.1. The highest BCUT2D eigenvalue weighted by Crippen LogP contribution is 2.33. The van der Waals surface area contributed by atoms with Gasteiger partial charge in [-0.3, -0.25) is 0 Å². The summed E-state index contributed by atoms with van der Waals surface area (Å²) in [6.07, 6.45) is -2.56. The van der Waals surface area contributed by atoms with Crippen molar-refractivity contribution in [1.29, 1.82) is 0 Å². The van der Waals surface area contributed by atoms with Crippen LogP contribution in [0.1, 0.15) is 18.4 Å². The first-order valence-corrected chi connectivity index (χ1v) is 6.95. The summed E-state index contributed by atoms with van der Waals surface area (Å²) in [5.41, 5.74) is -0.670. The molecule has 1 saturated heterocycles. The average Bonchev–Trinajstić information content (AvgIpc) is 2.47. The van der Waals surface area contributed by atoms with Gasteiger partial charge in [0.1, 0.15) is 11.6 Å². The average molecular weight is 303 g/mol. The molecule has 2 rings (SSSR count). The number of piperidine rings is 1. The quantitative estimate of drug-likeness (QED) is 0.928. The van der Waals surface area contributed by atoms with Gasteiger partial charge in [-0.25, -0.2) is 4.98 Å². The van der Waals surface area contributed by atoms with Crippen molar-refractivity contribution >= 4 is 11.6 Å². The first-order chi connectivity index (χ1) is 9.94. The molecule has 7 heteroatoms. The summed E-state index contributed by atoms with van der Waals surface area (Å²) in [5.74, 6) is 1.09. The van der Waals surface area contributed by atoms with Crippen molar-refractivity contribution in [3.05, 3.63) is 17.7 Å². The number of aromatic nitrogens is 1. The van der Waals surface area contributed by atoms with Crippen molar-refractivity contribution in [3.8, 4) is 0 Å². The summed E-state index contributed by atoms with van der Waals surface area (Å²) >= 11 is 0. The molecule has 4 nitrogen and oxygen atoms in total. The molecule has 0 spiro atoms. The molecule has 118 valence electrons. The number of hydrogen-bond acceptors (Lipinski definition) is 4. The zero-order valence-corrected chi connectivity index (χ0v) is 12.2. The molecule has 0 atom stereocenters. The fraction of sp³-hybridized carbons (Fsp3) is 0.643. The molecule has 0 unspecified atom stereocenters. The van der Waals surface area contributed by atoms with E-state index in [9.17, 15) is 13.2 Å². The van der Waals surface area contributed by atoms with Gasteiger partial charge >= 0.3 is 6.18 Å². The van der Waals surface area contributed by atoms with E-state index in [4.69, 9.17) is 4.74 Å². The standard InChI is InChI=1S/C14H20F3N3O/c1-18-12-7-11(14(15,16)17)8-13(19-12)20-5-3-10(4-6-20)9-21-2/h7-8,10H,3-6,9H2,1-2H3,(H,18,19). The summed E-state index contributed by atoms with van der Waals surface area (Å²) in [5, 5.41) is 2.69. The Labute approximate surface area is 122 Å². The molecule has 1 fully saturated rings. The Balaban J connectivity index is 2.16. The second-order valence-corrected chi connectivity index (χ2v) is 5.23. The number of nitrogens with one attached hydrogen (secondary N) is 1. The maximum absolute atomic E-state index is 12.9. The third kappa shape index (κ3) is 4.00. The topological polar surface area (TPSA) is 37.4 Å². The lowest BCUT2D eigenvalue weighted by Crippen LogP contribution is -2.35. The van der Waals surface area contributed by atoms with Crippen molar-refractivity contribution in [2.75, 3.05) is 44.1 Å². The number of hydrogen-bond donors (Lipinski definition) is 1. The Morgan fingerprint density at radius 3 is 2.52 bits per heavy atom. The zero-order valence-electron chi connectivity index (χ0n) is 12.2. The van der Waals surface area contributed by atoms with Crippen LogP contribution in [0.2, 0.25) is 0 Å². The predicted molar refractivity (Wildman–Crippen MR) is 75.6 cm³/mol. The number of halogens is 3. The third-order valence-electron chi connectivity index (χ3n) is 3.74. The molecule has 0 aromatic carbocycles. The number of rotatable bonds is 4. The fourth-order valence-corrected chi connectivity index (χ4v) is 2.53. The lowest BCUT2D eigenvalue weighted by molar-refractivity contribution is -0.137. The van der Waals surface area contributed by atoms with E-state index in [1.54, 1.807) is 14.2 Å². The molecular weight excluding hydrogens is 283 g/mol. The summed E-state index contributed by atoms with van der Waals surface area (Å²) in [4.78, 5) is 6.15. The largest absolute Gasteiger partial charge is 0.416 e. The Hall–Kier alpha value is -1.50. The van der Waals surface area contributed by atoms with E-state index in [1.807, 2.05) is 4.90 Å². The summed E-state index contributed by atoms with van der Waals surface area (Å²) in [7, 11) is 3.23. The van der Waals surface area contributed by atoms with Crippen molar-refractivity contribution in [1.82, 2.24) is 4.98 Å². The van der Waals surface area contributed by atoms with Gasteiger partial charge in [0.05, 0.1) is 5.56 Å². The van der Waals surface area contributed by atoms with Crippen LogP contribution in [-0.2, 0) is 10.9 Å². The molecule has 21 heavy (non-hydrogen) atoms. The van der Waals surface area contributed by atoms with Gasteiger partial charge in [0, 0.05) is 33.9 Å². The van der Waals surface area contributed by atoms with Crippen LogP contribution in [0.3, 0.4) is 0 Å². The molecule has 0 amide bonds. The second kappa shape index (κ2) is 6.51. The lowest BCUT2D eigenvalue weighted by atomic mass is 9.98. The van der Waals surface area contributed by atoms with Crippen LogP contribution >= 0.6 is 0 Å². The van der Waals surface area contributed by atoms with Gasteiger partial charge in [0.25, 0.3) is 0 Å². The van der Waals surface area contributed by atoms with E-state index in [1.165, 1.54) is 0 Å². The lowest BCUT2D eigenvalue weighted by Gasteiger charge is -2.33. The maximum atomic E-state index is 12.9. The van der Waals surface area contributed by atoms with Crippen molar-refractivity contribution in [2.45, 2.75) is 19.0 Å². The monoisotopic (exact) mass is 303 g/mol. The fourth-order valence-electron chi connectivity index (χ4n) is 2.53. The number of methoxy groups -OCH3 is 1. The van der Waals surface area contributed by atoms with Gasteiger partial charge in [0.2, 0.25) is 0 Å². The number of ether oxygens (including phenoxy) is 1. The summed E-state index contributed by atoms with van der Waals surface area (Å²) in [6.45, 7) is 2.10. The SMILES string of the molecule is CNc1cc(C(F)(F)F)cc(N2CCC(COC)CC2)n1. The van der Waals surface area contributed by atoms with E-state index in [0.717, 1.165) is 25.0 Å². The highest BCUT2D eigenvalue weighted by atomic mass is 19.4. The first-order valence-electron chi connectivity index (χ1n) is 6.95.